The second-order valence-electron chi connectivity index (χ2n) is 4.66. The molecule has 0 fully saturated rings. The van der Waals surface area contributed by atoms with Crippen LogP contribution < -0.4 is 5.32 Å². The summed E-state index contributed by atoms with van der Waals surface area (Å²) in [4.78, 5) is 0. The van der Waals surface area contributed by atoms with Crippen LogP contribution in [0.5, 0.6) is 0 Å². The Morgan fingerprint density at radius 3 is 2.09 bits per heavy atom. The molecular weight excluding hydrogens is 272 g/mol. The average molecular weight is 284 g/mol. The molecule has 0 heterocycles. The number of hydrogen-bond donors (Lipinski definition) is 1. The van der Waals surface area contributed by atoms with Gasteiger partial charge in [-0.25, -0.2) is 0 Å². The average Bonchev–Trinajstić information content (AvgIpc) is 2.55. The molecule has 1 N–H and O–H groups in total. The van der Waals surface area contributed by atoms with Crippen molar-refractivity contribution in [1.29, 1.82) is 15.8 Å². The van der Waals surface area contributed by atoms with Crippen molar-refractivity contribution in [2.45, 2.75) is 6.92 Å². The lowest BCUT2D eigenvalue weighted by Crippen LogP contribution is -2.00. The van der Waals surface area contributed by atoms with Crippen molar-refractivity contribution < 1.29 is 0 Å². The zero-order valence-corrected chi connectivity index (χ0v) is 12.0. The van der Waals surface area contributed by atoms with E-state index in [9.17, 15) is 0 Å². The monoisotopic (exact) mass is 284 g/mol. The fourth-order valence-corrected chi connectivity index (χ4v) is 2.03. The van der Waals surface area contributed by atoms with Crippen molar-refractivity contribution in [1.82, 2.24) is 0 Å². The van der Waals surface area contributed by atoms with Crippen LogP contribution in [0.4, 0.5) is 5.69 Å². The number of nitriles is 3. The molecule has 0 saturated heterocycles. The molecule has 0 saturated carbocycles. The Hall–Kier alpha value is -3.55. The first-order valence-corrected chi connectivity index (χ1v) is 6.56. The summed E-state index contributed by atoms with van der Waals surface area (Å²) in [5.41, 5.74) is 3.58. The van der Waals surface area contributed by atoms with Gasteiger partial charge in [0.05, 0.1) is 0 Å². The van der Waals surface area contributed by atoms with Gasteiger partial charge in [-0.15, -0.1) is 0 Å². The topological polar surface area (TPSA) is 83.4 Å². The Balaban J connectivity index is 2.39. The zero-order valence-electron chi connectivity index (χ0n) is 12.0. The maximum atomic E-state index is 9.07. The van der Waals surface area contributed by atoms with Gasteiger partial charge in [0.2, 0.25) is 0 Å². The smallest absolute Gasteiger partial charge is 0.163 e. The van der Waals surface area contributed by atoms with Crippen LogP contribution in [0.25, 0.3) is 11.1 Å². The lowest BCUT2D eigenvalue weighted by molar-refractivity contribution is 1.37. The van der Waals surface area contributed by atoms with Crippen molar-refractivity contribution in [2.24, 2.45) is 0 Å². The lowest BCUT2D eigenvalue weighted by atomic mass is 10.0. The van der Waals surface area contributed by atoms with E-state index in [0.29, 0.717) is 5.69 Å². The Bertz CT molecular complexity index is 842. The molecule has 4 nitrogen and oxygen atoms in total. The van der Waals surface area contributed by atoms with Gasteiger partial charge in [-0.3, -0.25) is 0 Å². The van der Waals surface area contributed by atoms with Crippen molar-refractivity contribution in [3.8, 4) is 29.3 Å². The summed E-state index contributed by atoms with van der Waals surface area (Å²) in [7, 11) is 0. The van der Waals surface area contributed by atoms with E-state index in [1.165, 1.54) is 0 Å². The minimum atomic E-state index is -0.233. The van der Waals surface area contributed by atoms with Crippen molar-refractivity contribution >= 4 is 5.69 Å². The summed E-state index contributed by atoms with van der Waals surface area (Å²) in [6, 6.07) is 20.8. The third kappa shape index (κ3) is 3.31. The van der Waals surface area contributed by atoms with Gasteiger partial charge in [0.25, 0.3) is 0 Å². The van der Waals surface area contributed by atoms with Crippen LogP contribution in [0.1, 0.15) is 5.56 Å². The van der Waals surface area contributed by atoms with E-state index in [1.54, 1.807) is 18.2 Å². The highest BCUT2D eigenvalue weighted by atomic mass is 14.9. The minimum Gasteiger partial charge on any atom is -0.345 e. The molecule has 104 valence electrons. The molecule has 0 unspecified atom stereocenters. The van der Waals surface area contributed by atoms with E-state index >= 15 is 0 Å². The van der Waals surface area contributed by atoms with E-state index < -0.39 is 0 Å². The second kappa shape index (κ2) is 6.75. The number of aryl methyl sites for hydroxylation is 1. The van der Waals surface area contributed by atoms with Crippen LogP contribution in [0.3, 0.4) is 0 Å². The molecule has 2 rings (SSSR count). The van der Waals surface area contributed by atoms with Gasteiger partial charge in [0.15, 0.2) is 5.57 Å². The maximum absolute atomic E-state index is 9.07. The SMILES string of the molecule is Cc1cccc(-c2cccc(NC(C#N)=C(C#N)C#N)c2)c1. The summed E-state index contributed by atoms with van der Waals surface area (Å²) in [5, 5.41) is 29.6. The summed E-state index contributed by atoms with van der Waals surface area (Å²) >= 11 is 0. The second-order valence-corrected chi connectivity index (χ2v) is 4.66. The molecule has 0 aliphatic heterocycles. The first-order chi connectivity index (χ1) is 10.7. The van der Waals surface area contributed by atoms with Crippen molar-refractivity contribution in [2.75, 3.05) is 5.32 Å². The minimum absolute atomic E-state index is 0.0496. The summed E-state index contributed by atoms with van der Waals surface area (Å²) in [6.07, 6.45) is 0. The van der Waals surface area contributed by atoms with Crippen LogP contribution in [0.15, 0.2) is 59.8 Å². The molecule has 0 amide bonds. The van der Waals surface area contributed by atoms with E-state index in [4.69, 9.17) is 15.8 Å². The molecule has 0 spiro atoms. The van der Waals surface area contributed by atoms with Gasteiger partial charge in [0, 0.05) is 5.69 Å². The summed E-state index contributed by atoms with van der Waals surface area (Å²) < 4.78 is 0. The number of hydrogen-bond acceptors (Lipinski definition) is 4. The first kappa shape index (κ1) is 14.9. The molecule has 4 heteroatoms. The van der Waals surface area contributed by atoms with Gasteiger partial charge in [-0.1, -0.05) is 42.0 Å². The number of rotatable bonds is 3. The lowest BCUT2D eigenvalue weighted by Gasteiger charge is -2.08. The number of allylic oxidation sites excluding steroid dienone is 2. The fourth-order valence-electron chi connectivity index (χ4n) is 2.03. The molecule has 0 bridgehead atoms. The molecule has 2 aromatic carbocycles. The largest absolute Gasteiger partial charge is 0.345 e. The number of benzene rings is 2. The molecular formula is C18H12N4. The van der Waals surface area contributed by atoms with E-state index in [1.807, 2.05) is 49.4 Å². The van der Waals surface area contributed by atoms with Crippen LogP contribution in [-0.2, 0) is 0 Å². The predicted octanol–water partition coefficient (Wildman–Crippen LogP) is 3.90. The van der Waals surface area contributed by atoms with E-state index in [0.717, 1.165) is 16.7 Å². The first-order valence-electron chi connectivity index (χ1n) is 6.56. The third-order valence-corrected chi connectivity index (χ3v) is 3.07. The molecule has 0 aromatic heterocycles. The highest BCUT2D eigenvalue weighted by molar-refractivity contribution is 5.70. The van der Waals surface area contributed by atoms with Crippen LogP contribution in [0.2, 0.25) is 0 Å². The van der Waals surface area contributed by atoms with Gasteiger partial charge in [-0.2, -0.15) is 15.8 Å². The molecule has 0 aliphatic carbocycles. The van der Waals surface area contributed by atoms with Crippen LogP contribution >= 0.6 is 0 Å². The summed E-state index contributed by atoms with van der Waals surface area (Å²) in [6.45, 7) is 2.02. The Morgan fingerprint density at radius 2 is 1.50 bits per heavy atom. The van der Waals surface area contributed by atoms with E-state index in [2.05, 4.69) is 11.4 Å². The number of nitrogens with zero attached hydrogens (tertiary/aromatic N) is 3. The van der Waals surface area contributed by atoms with Crippen LogP contribution in [-0.4, -0.2) is 0 Å². The highest BCUT2D eigenvalue weighted by Crippen LogP contribution is 2.24. The zero-order chi connectivity index (χ0) is 15.9. The Labute approximate surface area is 129 Å². The van der Waals surface area contributed by atoms with E-state index in [-0.39, 0.29) is 11.3 Å². The van der Waals surface area contributed by atoms with Gasteiger partial charge >= 0.3 is 0 Å². The standard InChI is InChI=1S/C18H12N4/c1-13-4-2-5-14(8-13)15-6-3-7-17(9-15)22-18(12-21)16(10-19)11-20/h2-9,22H,1H3. The number of anilines is 1. The maximum Gasteiger partial charge on any atom is 0.163 e. The van der Waals surface area contributed by atoms with Crippen molar-refractivity contribution in [3.63, 3.8) is 0 Å². The Kier molecular flexibility index (Phi) is 4.56. The highest BCUT2D eigenvalue weighted by Gasteiger charge is 2.07. The van der Waals surface area contributed by atoms with Crippen molar-refractivity contribution in [3.05, 3.63) is 65.4 Å². The normalized spacial score (nSPS) is 9.00. The number of nitrogens with one attached hydrogen (secondary N) is 1. The van der Waals surface area contributed by atoms with Gasteiger partial charge in [0.1, 0.15) is 23.9 Å². The molecule has 22 heavy (non-hydrogen) atoms. The van der Waals surface area contributed by atoms with Gasteiger partial charge < -0.3 is 5.32 Å². The third-order valence-electron chi connectivity index (χ3n) is 3.07. The molecule has 2 aromatic rings. The summed E-state index contributed by atoms with van der Waals surface area (Å²) in [5.74, 6) is 0. The fraction of sp³-hybridized carbons (Fsp3) is 0.0556. The van der Waals surface area contributed by atoms with Crippen LogP contribution in [0, 0.1) is 40.9 Å². The molecule has 0 atom stereocenters. The van der Waals surface area contributed by atoms with Gasteiger partial charge in [-0.05, 0) is 30.2 Å². The Morgan fingerprint density at radius 1 is 0.864 bits per heavy atom. The molecule has 0 radical (unpaired) electrons. The molecule has 0 aliphatic rings. The predicted molar refractivity (Wildman–Crippen MR) is 84.1 cm³/mol. The quantitative estimate of drug-likeness (QED) is 0.866.